The molecule has 1 atom stereocenters. The number of aryl methyl sites for hydroxylation is 1. The van der Waals surface area contributed by atoms with Gasteiger partial charge in [-0.2, -0.15) is 0 Å². The van der Waals surface area contributed by atoms with E-state index in [0.717, 1.165) is 32.0 Å². The number of aliphatic imine (C=N–C) groups is 1. The fourth-order valence-electron chi connectivity index (χ4n) is 2.09. The number of benzene rings is 1. The third kappa shape index (κ3) is 8.67. The van der Waals surface area contributed by atoms with Crippen LogP contribution in [0, 0.1) is 5.92 Å². The molecule has 1 aromatic rings. The topological polar surface area (TPSA) is 45.7 Å². The zero-order chi connectivity index (χ0) is 16.2. The molecule has 0 aliphatic carbocycles. The summed E-state index contributed by atoms with van der Waals surface area (Å²) < 4.78 is 5.56. The fraction of sp³-hybridized carbons (Fsp3) is 0.611. The van der Waals surface area contributed by atoms with Crippen molar-refractivity contribution < 1.29 is 4.74 Å². The van der Waals surface area contributed by atoms with Gasteiger partial charge in [0.25, 0.3) is 0 Å². The van der Waals surface area contributed by atoms with Crippen LogP contribution in [0.4, 0.5) is 0 Å². The van der Waals surface area contributed by atoms with Crippen LogP contribution in [0.25, 0.3) is 0 Å². The van der Waals surface area contributed by atoms with Gasteiger partial charge >= 0.3 is 0 Å². The molecule has 0 radical (unpaired) electrons. The molecule has 4 nitrogen and oxygen atoms in total. The van der Waals surface area contributed by atoms with Crippen LogP contribution in [0.3, 0.4) is 0 Å². The molecule has 2 N–H and O–H groups in total. The van der Waals surface area contributed by atoms with E-state index in [2.05, 4.69) is 66.7 Å². The number of hydrogen-bond acceptors (Lipinski definition) is 2. The molecule has 0 bridgehead atoms. The maximum absolute atomic E-state index is 5.56. The van der Waals surface area contributed by atoms with E-state index in [1.54, 1.807) is 7.05 Å². The Morgan fingerprint density at radius 2 is 1.91 bits per heavy atom. The SMILES string of the molecule is CN=C(NCCOCC(C)C)NC(C)CCc1ccccc1. The quantitative estimate of drug-likeness (QED) is 0.419. The van der Waals surface area contributed by atoms with Gasteiger partial charge in [-0.15, -0.1) is 0 Å². The van der Waals surface area contributed by atoms with E-state index in [1.165, 1.54) is 5.56 Å². The first-order valence-corrected chi connectivity index (χ1v) is 8.20. The summed E-state index contributed by atoms with van der Waals surface area (Å²) >= 11 is 0. The maximum atomic E-state index is 5.56. The number of rotatable bonds is 9. The highest BCUT2D eigenvalue weighted by Crippen LogP contribution is 2.04. The Morgan fingerprint density at radius 1 is 1.18 bits per heavy atom. The first kappa shape index (κ1) is 18.5. The molecule has 0 amide bonds. The molecule has 1 rings (SSSR count). The van der Waals surface area contributed by atoms with E-state index in [1.807, 2.05) is 0 Å². The van der Waals surface area contributed by atoms with Crippen molar-refractivity contribution in [2.75, 3.05) is 26.8 Å². The number of nitrogens with zero attached hydrogens (tertiary/aromatic N) is 1. The van der Waals surface area contributed by atoms with Crippen LogP contribution in [0.5, 0.6) is 0 Å². The zero-order valence-corrected chi connectivity index (χ0v) is 14.4. The van der Waals surface area contributed by atoms with Crippen molar-refractivity contribution in [2.24, 2.45) is 10.9 Å². The molecule has 1 aromatic carbocycles. The highest BCUT2D eigenvalue weighted by atomic mass is 16.5. The Balaban J connectivity index is 2.18. The lowest BCUT2D eigenvalue weighted by molar-refractivity contribution is 0.114. The summed E-state index contributed by atoms with van der Waals surface area (Å²) in [6.45, 7) is 8.78. The lowest BCUT2D eigenvalue weighted by atomic mass is 10.1. The van der Waals surface area contributed by atoms with E-state index in [9.17, 15) is 0 Å². The van der Waals surface area contributed by atoms with Gasteiger partial charge in [-0.05, 0) is 31.2 Å². The molecule has 0 heterocycles. The molecule has 0 saturated carbocycles. The van der Waals surface area contributed by atoms with Crippen molar-refractivity contribution in [3.8, 4) is 0 Å². The Kier molecular flexibility index (Phi) is 9.31. The second-order valence-electron chi connectivity index (χ2n) is 6.04. The van der Waals surface area contributed by atoms with E-state index in [4.69, 9.17) is 4.74 Å². The smallest absolute Gasteiger partial charge is 0.191 e. The summed E-state index contributed by atoms with van der Waals surface area (Å²) in [5.74, 6) is 1.42. The van der Waals surface area contributed by atoms with Crippen molar-refractivity contribution >= 4 is 5.96 Å². The molecule has 1 unspecified atom stereocenters. The molecule has 124 valence electrons. The molecule has 4 heteroatoms. The predicted octanol–water partition coefficient (Wildman–Crippen LogP) is 2.85. The van der Waals surface area contributed by atoms with Gasteiger partial charge in [0.05, 0.1) is 6.61 Å². The molecule has 0 aliphatic heterocycles. The lowest BCUT2D eigenvalue weighted by Gasteiger charge is -2.18. The van der Waals surface area contributed by atoms with Gasteiger partial charge < -0.3 is 15.4 Å². The molecule has 22 heavy (non-hydrogen) atoms. The number of nitrogens with one attached hydrogen (secondary N) is 2. The summed E-state index contributed by atoms with van der Waals surface area (Å²) in [5.41, 5.74) is 1.38. The Labute approximate surface area is 135 Å². The van der Waals surface area contributed by atoms with Crippen LogP contribution in [-0.4, -0.2) is 38.8 Å². The van der Waals surface area contributed by atoms with Gasteiger partial charge in [0.15, 0.2) is 5.96 Å². The van der Waals surface area contributed by atoms with Crippen molar-refractivity contribution in [2.45, 2.75) is 39.7 Å². The molecule has 0 fully saturated rings. The van der Waals surface area contributed by atoms with Crippen LogP contribution in [0.2, 0.25) is 0 Å². The van der Waals surface area contributed by atoms with Gasteiger partial charge in [0, 0.05) is 26.2 Å². The van der Waals surface area contributed by atoms with Gasteiger partial charge in [-0.1, -0.05) is 44.2 Å². The average Bonchev–Trinajstić information content (AvgIpc) is 2.52. The molecular weight excluding hydrogens is 274 g/mol. The Bertz CT molecular complexity index is 418. The van der Waals surface area contributed by atoms with E-state index >= 15 is 0 Å². The third-order valence-electron chi connectivity index (χ3n) is 3.31. The molecule has 0 spiro atoms. The van der Waals surface area contributed by atoms with Gasteiger partial charge in [0.1, 0.15) is 0 Å². The first-order valence-electron chi connectivity index (χ1n) is 8.20. The van der Waals surface area contributed by atoms with E-state index < -0.39 is 0 Å². The highest BCUT2D eigenvalue weighted by molar-refractivity contribution is 5.79. The average molecular weight is 305 g/mol. The summed E-state index contributed by atoms with van der Waals surface area (Å²) in [7, 11) is 1.80. The first-order chi connectivity index (χ1) is 10.6. The largest absolute Gasteiger partial charge is 0.379 e. The summed E-state index contributed by atoms with van der Waals surface area (Å²) in [4.78, 5) is 4.25. The maximum Gasteiger partial charge on any atom is 0.191 e. The fourth-order valence-corrected chi connectivity index (χ4v) is 2.09. The second kappa shape index (κ2) is 11.1. The van der Waals surface area contributed by atoms with Crippen molar-refractivity contribution in [1.29, 1.82) is 0 Å². The highest BCUT2D eigenvalue weighted by Gasteiger charge is 2.05. The van der Waals surface area contributed by atoms with Crippen molar-refractivity contribution in [3.05, 3.63) is 35.9 Å². The summed E-state index contributed by atoms with van der Waals surface area (Å²) in [6.07, 6.45) is 2.15. The Hall–Kier alpha value is -1.55. The van der Waals surface area contributed by atoms with Crippen LogP contribution >= 0.6 is 0 Å². The summed E-state index contributed by atoms with van der Waals surface area (Å²) in [6, 6.07) is 11.0. The van der Waals surface area contributed by atoms with Crippen molar-refractivity contribution in [1.82, 2.24) is 10.6 Å². The molecular formula is C18H31N3O. The number of ether oxygens (including phenoxy) is 1. The number of hydrogen-bond donors (Lipinski definition) is 2. The van der Waals surface area contributed by atoms with Crippen LogP contribution in [0.1, 0.15) is 32.8 Å². The number of guanidine groups is 1. The summed E-state index contributed by atoms with van der Waals surface area (Å²) in [5, 5.41) is 6.71. The lowest BCUT2D eigenvalue weighted by Crippen LogP contribution is -2.43. The minimum absolute atomic E-state index is 0.378. The Morgan fingerprint density at radius 3 is 2.55 bits per heavy atom. The normalized spacial score (nSPS) is 13.2. The monoisotopic (exact) mass is 305 g/mol. The molecule has 0 aromatic heterocycles. The minimum Gasteiger partial charge on any atom is -0.379 e. The van der Waals surface area contributed by atoms with Gasteiger partial charge in [-0.25, -0.2) is 0 Å². The van der Waals surface area contributed by atoms with Gasteiger partial charge in [0.2, 0.25) is 0 Å². The third-order valence-corrected chi connectivity index (χ3v) is 3.31. The standard InChI is InChI=1S/C18H31N3O/c1-15(2)14-22-13-12-20-18(19-4)21-16(3)10-11-17-8-6-5-7-9-17/h5-9,15-16H,10-14H2,1-4H3,(H2,19,20,21). The predicted molar refractivity (Wildman–Crippen MR) is 94.4 cm³/mol. The second-order valence-corrected chi connectivity index (χ2v) is 6.04. The van der Waals surface area contributed by atoms with Crippen LogP contribution in [-0.2, 0) is 11.2 Å². The van der Waals surface area contributed by atoms with Crippen LogP contribution in [0.15, 0.2) is 35.3 Å². The molecule has 0 saturated heterocycles. The molecule has 0 aliphatic rings. The zero-order valence-electron chi connectivity index (χ0n) is 14.4. The van der Waals surface area contributed by atoms with Crippen LogP contribution < -0.4 is 10.6 Å². The van der Waals surface area contributed by atoms with E-state index in [0.29, 0.717) is 18.6 Å². The van der Waals surface area contributed by atoms with Crippen molar-refractivity contribution in [3.63, 3.8) is 0 Å². The minimum atomic E-state index is 0.378. The van der Waals surface area contributed by atoms with Gasteiger partial charge in [-0.3, -0.25) is 4.99 Å². The van der Waals surface area contributed by atoms with E-state index in [-0.39, 0.29) is 0 Å².